The predicted octanol–water partition coefficient (Wildman–Crippen LogP) is 0.440. The van der Waals surface area contributed by atoms with Crippen LogP contribution in [0.2, 0.25) is 0 Å². The minimum Gasteiger partial charge on any atom is -0.312 e. The molecule has 72 valence electrons. The molecule has 2 atom stereocenters. The number of hydrogen-bond acceptors (Lipinski definition) is 3. The molecule has 3 nitrogen and oxygen atoms in total. The number of rotatable bonds is 4. The van der Waals surface area contributed by atoms with Gasteiger partial charge in [0.25, 0.3) is 0 Å². The summed E-state index contributed by atoms with van der Waals surface area (Å²) >= 11 is 0. The van der Waals surface area contributed by atoms with E-state index in [1.54, 1.807) is 0 Å². The average Bonchev–Trinajstić information content (AvgIpc) is 2.63. The minimum absolute atomic E-state index is 0.646. The topological polar surface area (TPSA) is 39.1 Å². The van der Waals surface area contributed by atoms with Crippen LogP contribution in [-0.4, -0.2) is 37.1 Å². The molecule has 0 aromatic carbocycles. The number of likely N-dealkylation sites (tertiary alicyclic amines) is 1. The standard InChI is InChI=1S/C10H17N3/c1-2-13-6-8-9(7-13)10(8)12-5-3-4-11/h8-10,12H,2-3,5-7H2,1H3. The average molecular weight is 179 g/mol. The molecule has 2 fully saturated rings. The second-order valence-electron chi connectivity index (χ2n) is 4.07. The van der Waals surface area contributed by atoms with Gasteiger partial charge in [0.2, 0.25) is 0 Å². The molecular formula is C10H17N3. The van der Waals surface area contributed by atoms with E-state index < -0.39 is 0 Å². The Kier molecular flexibility index (Phi) is 2.52. The summed E-state index contributed by atoms with van der Waals surface area (Å²) < 4.78 is 0. The Hall–Kier alpha value is -0.590. The molecule has 2 aliphatic rings. The zero-order valence-corrected chi connectivity index (χ0v) is 8.16. The van der Waals surface area contributed by atoms with Crippen LogP contribution < -0.4 is 5.32 Å². The van der Waals surface area contributed by atoms with Gasteiger partial charge in [-0.05, 0) is 18.4 Å². The van der Waals surface area contributed by atoms with E-state index in [4.69, 9.17) is 5.26 Å². The quantitative estimate of drug-likeness (QED) is 0.636. The molecule has 0 bridgehead atoms. The van der Waals surface area contributed by atoms with Crippen molar-refractivity contribution < 1.29 is 0 Å². The lowest BCUT2D eigenvalue weighted by Gasteiger charge is -2.16. The van der Waals surface area contributed by atoms with Gasteiger partial charge in [0.15, 0.2) is 0 Å². The van der Waals surface area contributed by atoms with Crippen molar-refractivity contribution in [1.82, 2.24) is 10.2 Å². The van der Waals surface area contributed by atoms with Crippen LogP contribution in [0.15, 0.2) is 0 Å². The van der Waals surface area contributed by atoms with Crippen LogP contribution >= 0.6 is 0 Å². The Balaban J connectivity index is 1.65. The van der Waals surface area contributed by atoms with E-state index in [1.807, 2.05) is 0 Å². The van der Waals surface area contributed by atoms with Gasteiger partial charge >= 0.3 is 0 Å². The fourth-order valence-corrected chi connectivity index (χ4v) is 2.47. The highest BCUT2D eigenvalue weighted by atomic mass is 15.2. The van der Waals surface area contributed by atoms with Gasteiger partial charge in [-0.15, -0.1) is 0 Å². The number of piperidine rings is 1. The maximum absolute atomic E-state index is 8.38. The molecule has 1 aliphatic heterocycles. The lowest BCUT2D eigenvalue weighted by atomic mass is 10.3. The molecule has 0 radical (unpaired) electrons. The van der Waals surface area contributed by atoms with Crippen LogP contribution in [0, 0.1) is 23.2 Å². The molecule has 1 saturated carbocycles. The Morgan fingerprint density at radius 1 is 1.46 bits per heavy atom. The number of hydrogen-bond donors (Lipinski definition) is 1. The first-order valence-electron chi connectivity index (χ1n) is 5.19. The summed E-state index contributed by atoms with van der Waals surface area (Å²) in [5.74, 6) is 1.78. The van der Waals surface area contributed by atoms with Gasteiger partial charge in [0.05, 0.1) is 6.07 Å². The summed E-state index contributed by atoms with van der Waals surface area (Å²) in [5.41, 5.74) is 0. The molecule has 1 N–H and O–H groups in total. The maximum Gasteiger partial charge on any atom is 0.0635 e. The van der Waals surface area contributed by atoms with E-state index in [9.17, 15) is 0 Å². The molecule has 2 rings (SSSR count). The van der Waals surface area contributed by atoms with Gasteiger partial charge in [-0.3, -0.25) is 0 Å². The molecule has 13 heavy (non-hydrogen) atoms. The van der Waals surface area contributed by atoms with Crippen LogP contribution in [-0.2, 0) is 0 Å². The second kappa shape index (κ2) is 3.65. The first-order valence-corrected chi connectivity index (χ1v) is 5.19. The van der Waals surface area contributed by atoms with Crippen molar-refractivity contribution in [3.05, 3.63) is 0 Å². The number of nitrogens with one attached hydrogen (secondary N) is 1. The lowest BCUT2D eigenvalue weighted by Crippen LogP contribution is -2.31. The summed E-state index contributed by atoms with van der Waals surface area (Å²) in [6.45, 7) is 6.83. The predicted molar refractivity (Wildman–Crippen MR) is 51.1 cm³/mol. The first-order chi connectivity index (χ1) is 6.36. The van der Waals surface area contributed by atoms with E-state index in [0.29, 0.717) is 6.42 Å². The van der Waals surface area contributed by atoms with Crippen molar-refractivity contribution in [3.8, 4) is 6.07 Å². The monoisotopic (exact) mass is 179 g/mol. The van der Waals surface area contributed by atoms with E-state index in [1.165, 1.54) is 19.6 Å². The highest BCUT2D eigenvalue weighted by molar-refractivity contribution is 5.10. The molecule has 0 spiro atoms. The summed E-state index contributed by atoms with van der Waals surface area (Å²) in [5, 5.41) is 11.8. The molecule has 0 amide bonds. The van der Waals surface area contributed by atoms with Crippen LogP contribution in [0.3, 0.4) is 0 Å². The fourth-order valence-electron chi connectivity index (χ4n) is 2.47. The molecule has 0 aromatic heterocycles. The minimum atomic E-state index is 0.646. The van der Waals surface area contributed by atoms with Crippen LogP contribution in [0.5, 0.6) is 0 Å². The number of nitrogens with zero attached hydrogens (tertiary/aromatic N) is 2. The van der Waals surface area contributed by atoms with Crippen molar-refractivity contribution in [2.45, 2.75) is 19.4 Å². The smallest absolute Gasteiger partial charge is 0.0635 e. The van der Waals surface area contributed by atoms with Gasteiger partial charge in [-0.2, -0.15) is 5.26 Å². The molecule has 1 saturated heterocycles. The molecule has 3 heteroatoms. The summed E-state index contributed by atoms with van der Waals surface area (Å²) in [6, 6.07) is 2.90. The number of nitriles is 1. The Labute approximate surface area is 79.7 Å². The third-order valence-corrected chi connectivity index (χ3v) is 3.33. The zero-order chi connectivity index (χ0) is 9.26. The van der Waals surface area contributed by atoms with Crippen molar-refractivity contribution in [2.24, 2.45) is 11.8 Å². The van der Waals surface area contributed by atoms with Crippen molar-refractivity contribution in [1.29, 1.82) is 5.26 Å². The third kappa shape index (κ3) is 1.70. The summed E-state index contributed by atoms with van der Waals surface area (Å²) in [4.78, 5) is 2.51. The normalized spacial score (nSPS) is 37.1. The van der Waals surface area contributed by atoms with Gasteiger partial charge in [0.1, 0.15) is 0 Å². The zero-order valence-electron chi connectivity index (χ0n) is 8.16. The van der Waals surface area contributed by atoms with Crippen LogP contribution in [0.1, 0.15) is 13.3 Å². The molecule has 1 aliphatic carbocycles. The van der Waals surface area contributed by atoms with E-state index in [-0.39, 0.29) is 0 Å². The van der Waals surface area contributed by atoms with E-state index in [2.05, 4.69) is 23.2 Å². The molecule has 2 unspecified atom stereocenters. The fraction of sp³-hybridized carbons (Fsp3) is 0.900. The number of fused-ring (bicyclic) bond motifs is 1. The van der Waals surface area contributed by atoms with Crippen LogP contribution in [0.25, 0.3) is 0 Å². The first kappa shape index (κ1) is 8.98. The second-order valence-corrected chi connectivity index (χ2v) is 4.07. The van der Waals surface area contributed by atoms with Crippen molar-refractivity contribution in [2.75, 3.05) is 26.2 Å². The molecule has 1 heterocycles. The Morgan fingerprint density at radius 3 is 2.69 bits per heavy atom. The van der Waals surface area contributed by atoms with Gasteiger partial charge < -0.3 is 10.2 Å². The molecule has 0 aromatic rings. The lowest BCUT2D eigenvalue weighted by molar-refractivity contribution is 0.305. The highest BCUT2D eigenvalue weighted by Gasteiger charge is 2.54. The Bertz CT molecular complexity index is 209. The van der Waals surface area contributed by atoms with Gasteiger partial charge in [-0.1, -0.05) is 6.92 Å². The highest BCUT2D eigenvalue weighted by Crippen LogP contribution is 2.45. The van der Waals surface area contributed by atoms with Crippen molar-refractivity contribution in [3.63, 3.8) is 0 Å². The van der Waals surface area contributed by atoms with Crippen LogP contribution in [0.4, 0.5) is 0 Å². The van der Waals surface area contributed by atoms with Gasteiger partial charge in [-0.25, -0.2) is 0 Å². The van der Waals surface area contributed by atoms with E-state index in [0.717, 1.165) is 24.4 Å². The SMILES string of the molecule is CCN1CC2C(C1)C2NCCC#N. The summed E-state index contributed by atoms with van der Waals surface area (Å²) in [6.07, 6.45) is 0.646. The Morgan fingerprint density at radius 2 is 2.15 bits per heavy atom. The van der Waals surface area contributed by atoms with Gasteiger partial charge in [0, 0.05) is 32.1 Å². The summed E-state index contributed by atoms with van der Waals surface area (Å²) in [7, 11) is 0. The largest absolute Gasteiger partial charge is 0.312 e. The molecular weight excluding hydrogens is 162 g/mol. The van der Waals surface area contributed by atoms with Crippen molar-refractivity contribution >= 4 is 0 Å². The third-order valence-electron chi connectivity index (χ3n) is 3.33. The maximum atomic E-state index is 8.38. The van der Waals surface area contributed by atoms with E-state index >= 15 is 0 Å².